The summed E-state index contributed by atoms with van der Waals surface area (Å²) in [6, 6.07) is 4.83. The predicted octanol–water partition coefficient (Wildman–Crippen LogP) is 2.60. The Morgan fingerprint density at radius 2 is 1.92 bits per heavy atom. The molecule has 0 bridgehead atoms. The molecule has 192 valence electrons. The van der Waals surface area contributed by atoms with Gasteiger partial charge < -0.3 is 14.7 Å². The van der Waals surface area contributed by atoms with E-state index < -0.39 is 21.2 Å². The Kier molecular flexibility index (Phi) is 7.27. The molecular formula is C24H31N7O4S. The van der Waals surface area contributed by atoms with Gasteiger partial charge in [-0.1, -0.05) is 25.1 Å². The van der Waals surface area contributed by atoms with Crippen molar-refractivity contribution >= 4 is 16.0 Å². The monoisotopic (exact) mass is 513 g/mol. The van der Waals surface area contributed by atoms with Crippen molar-refractivity contribution in [2.75, 3.05) is 32.0 Å². The number of ether oxygens (including phenoxy) is 1. The predicted molar refractivity (Wildman–Crippen MR) is 136 cm³/mol. The van der Waals surface area contributed by atoms with Crippen molar-refractivity contribution in [3.05, 3.63) is 60.0 Å². The number of hydrogen-bond acceptors (Lipinski definition) is 9. The number of aryl methyl sites for hydroxylation is 1. The largest absolute Gasteiger partial charge is 0.506 e. The van der Waals surface area contributed by atoms with Crippen LogP contribution in [-0.4, -0.2) is 75.7 Å². The van der Waals surface area contributed by atoms with Gasteiger partial charge in [0, 0.05) is 31.4 Å². The highest BCUT2D eigenvalue weighted by atomic mass is 32.2. The van der Waals surface area contributed by atoms with E-state index in [1.54, 1.807) is 38.4 Å². The van der Waals surface area contributed by atoms with Gasteiger partial charge in [0.25, 0.3) is 0 Å². The summed E-state index contributed by atoms with van der Waals surface area (Å²) in [5, 5.41) is 18.4. The number of likely N-dealkylation sites (N-methyl/N-ethyl adjacent to an activating group) is 1. The van der Waals surface area contributed by atoms with Crippen LogP contribution in [0.4, 0.5) is 5.95 Å². The van der Waals surface area contributed by atoms with Gasteiger partial charge >= 0.3 is 0 Å². The summed E-state index contributed by atoms with van der Waals surface area (Å²) in [5.41, 5.74) is 1.14. The Bertz CT molecular complexity index is 1360. The maximum absolute atomic E-state index is 13.5. The number of rotatable bonds is 8. The highest BCUT2D eigenvalue weighted by Crippen LogP contribution is 2.37. The summed E-state index contributed by atoms with van der Waals surface area (Å²) in [7, 11) is -0.504. The third-order valence-electron chi connectivity index (χ3n) is 6.37. The number of methoxy groups -OCH3 is 1. The zero-order valence-corrected chi connectivity index (χ0v) is 21.8. The average Bonchev–Trinajstić information content (AvgIpc) is 3.25. The van der Waals surface area contributed by atoms with Gasteiger partial charge in [-0.15, -0.1) is 10.2 Å². The summed E-state index contributed by atoms with van der Waals surface area (Å²) in [6.07, 6.45) is 7.34. The summed E-state index contributed by atoms with van der Waals surface area (Å²) >= 11 is 0. The maximum atomic E-state index is 13.5. The Morgan fingerprint density at radius 3 is 2.58 bits per heavy atom. The fourth-order valence-corrected chi connectivity index (χ4v) is 5.34. The number of nitrogens with zero attached hydrogens (tertiary/aromatic N) is 6. The first kappa shape index (κ1) is 25.6. The minimum Gasteiger partial charge on any atom is -0.506 e. The highest BCUT2D eigenvalue weighted by Gasteiger charge is 2.33. The second-order valence-corrected chi connectivity index (χ2v) is 11.1. The summed E-state index contributed by atoms with van der Waals surface area (Å²) in [6.45, 7) is 6.67. The number of aromatic nitrogens is 5. The first-order chi connectivity index (χ1) is 17.1. The number of aromatic hydroxyl groups is 1. The molecule has 4 rings (SSSR count). The SMILES string of the molecule is COc1cccc(O)c1-n1c(NS(=O)(=O)[C@@H](C)[C@H](C)c2ncc(C)cn2)nnc1[C@H]1C=CCN(C)C1. The smallest absolute Gasteiger partial charge is 0.243 e. The van der Waals surface area contributed by atoms with E-state index in [1.165, 1.54) is 17.7 Å². The van der Waals surface area contributed by atoms with Gasteiger partial charge in [-0.05, 0) is 38.6 Å². The van der Waals surface area contributed by atoms with Crippen molar-refractivity contribution in [3.63, 3.8) is 0 Å². The fourth-order valence-electron chi connectivity index (χ4n) is 4.10. The number of hydrogen-bond donors (Lipinski definition) is 2. The van der Waals surface area contributed by atoms with Crippen LogP contribution in [-0.2, 0) is 10.0 Å². The topological polar surface area (TPSA) is 135 Å². The van der Waals surface area contributed by atoms with Crippen LogP contribution in [0.3, 0.4) is 0 Å². The van der Waals surface area contributed by atoms with Gasteiger partial charge in [0.15, 0.2) is 0 Å². The molecule has 0 saturated carbocycles. The van der Waals surface area contributed by atoms with E-state index in [0.29, 0.717) is 23.9 Å². The molecule has 0 aliphatic carbocycles. The molecule has 2 aromatic heterocycles. The Labute approximate surface area is 210 Å². The van der Waals surface area contributed by atoms with Crippen molar-refractivity contribution < 1.29 is 18.3 Å². The molecule has 1 aliphatic heterocycles. The van der Waals surface area contributed by atoms with E-state index in [-0.39, 0.29) is 23.3 Å². The molecule has 0 radical (unpaired) electrons. The Morgan fingerprint density at radius 1 is 1.19 bits per heavy atom. The zero-order chi connectivity index (χ0) is 26.0. The van der Waals surface area contributed by atoms with Crippen molar-refractivity contribution in [2.24, 2.45) is 0 Å². The average molecular weight is 514 g/mol. The van der Waals surface area contributed by atoms with Gasteiger partial charge in [0.05, 0.1) is 18.3 Å². The van der Waals surface area contributed by atoms with E-state index in [1.807, 2.05) is 26.1 Å². The number of para-hydroxylation sites is 1. The Balaban J connectivity index is 1.77. The van der Waals surface area contributed by atoms with Gasteiger partial charge in [-0.25, -0.2) is 18.4 Å². The molecule has 0 saturated heterocycles. The van der Waals surface area contributed by atoms with Crippen molar-refractivity contribution in [3.8, 4) is 17.2 Å². The Hall–Kier alpha value is -3.51. The molecule has 12 heteroatoms. The number of sulfonamides is 1. The molecule has 3 aromatic rings. The summed E-state index contributed by atoms with van der Waals surface area (Å²) in [4.78, 5) is 10.7. The van der Waals surface area contributed by atoms with Gasteiger partial charge in [0.2, 0.25) is 16.0 Å². The van der Waals surface area contributed by atoms with E-state index in [4.69, 9.17) is 4.74 Å². The van der Waals surface area contributed by atoms with Crippen LogP contribution < -0.4 is 9.46 Å². The van der Waals surface area contributed by atoms with Crippen LogP contribution >= 0.6 is 0 Å². The molecule has 1 aromatic carbocycles. The lowest BCUT2D eigenvalue weighted by Gasteiger charge is -2.26. The minimum absolute atomic E-state index is 0.0460. The lowest BCUT2D eigenvalue weighted by atomic mass is 10.0. The van der Waals surface area contributed by atoms with Gasteiger partial charge in [-0.2, -0.15) is 0 Å². The third-order valence-corrected chi connectivity index (χ3v) is 8.22. The first-order valence-corrected chi connectivity index (χ1v) is 13.1. The molecule has 2 N–H and O–H groups in total. The van der Waals surface area contributed by atoms with Crippen LogP contribution in [0.15, 0.2) is 42.7 Å². The molecule has 1 aliphatic rings. The highest BCUT2D eigenvalue weighted by molar-refractivity contribution is 7.93. The van der Waals surface area contributed by atoms with Gasteiger partial charge in [0.1, 0.15) is 28.8 Å². The quantitative estimate of drug-likeness (QED) is 0.436. The molecule has 3 heterocycles. The third kappa shape index (κ3) is 5.05. The maximum Gasteiger partial charge on any atom is 0.243 e. The normalized spacial score (nSPS) is 18.1. The van der Waals surface area contributed by atoms with Crippen LogP contribution in [0.2, 0.25) is 0 Å². The fraction of sp³-hybridized carbons (Fsp3) is 0.417. The number of benzene rings is 1. The summed E-state index contributed by atoms with van der Waals surface area (Å²) in [5.74, 6) is 0.425. The zero-order valence-electron chi connectivity index (χ0n) is 21.0. The molecular weight excluding hydrogens is 482 g/mol. The van der Waals surface area contributed by atoms with Crippen molar-refractivity contribution in [1.82, 2.24) is 29.6 Å². The molecule has 3 atom stereocenters. The number of phenols is 1. The van der Waals surface area contributed by atoms with E-state index >= 15 is 0 Å². The molecule has 0 amide bonds. The standard InChI is InChI=1S/C24H31N7O4S/c1-15-12-25-22(26-13-15)16(2)17(3)36(33,34)29-24-28-27-23(18-8-7-11-30(4)14-18)31(24)21-19(32)9-6-10-20(21)35-5/h6-10,12-13,16-18,32H,11,14H2,1-5H3,(H,28,29)/t16-,17-,18-/m0/s1. The van der Waals surface area contributed by atoms with E-state index in [2.05, 4.69) is 29.8 Å². The molecule has 11 nitrogen and oxygen atoms in total. The number of nitrogens with one attached hydrogen (secondary N) is 1. The van der Waals surface area contributed by atoms with Crippen LogP contribution in [0.1, 0.15) is 42.9 Å². The first-order valence-electron chi connectivity index (χ1n) is 11.6. The molecule has 0 unspecified atom stereocenters. The van der Waals surface area contributed by atoms with E-state index in [9.17, 15) is 13.5 Å². The number of phenolic OH excluding ortho intramolecular Hbond substituents is 1. The molecule has 36 heavy (non-hydrogen) atoms. The lowest BCUT2D eigenvalue weighted by Crippen LogP contribution is -2.32. The van der Waals surface area contributed by atoms with E-state index in [0.717, 1.165) is 12.1 Å². The molecule has 0 fully saturated rings. The van der Waals surface area contributed by atoms with Crippen LogP contribution in [0.25, 0.3) is 5.69 Å². The second-order valence-electron chi connectivity index (χ2n) is 9.06. The van der Waals surface area contributed by atoms with Crippen LogP contribution in [0, 0.1) is 6.92 Å². The lowest BCUT2D eigenvalue weighted by molar-refractivity contribution is 0.339. The van der Waals surface area contributed by atoms with Gasteiger partial charge in [-0.3, -0.25) is 9.29 Å². The number of anilines is 1. The minimum atomic E-state index is -3.97. The molecule has 0 spiro atoms. The summed E-state index contributed by atoms with van der Waals surface area (Å²) < 4.78 is 36.6. The van der Waals surface area contributed by atoms with Crippen LogP contribution in [0.5, 0.6) is 11.5 Å². The van der Waals surface area contributed by atoms with Crippen molar-refractivity contribution in [1.29, 1.82) is 0 Å². The van der Waals surface area contributed by atoms with Crippen molar-refractivity contribution in [2.45, 2.75) is 37.9 Å². The second kappa shape index (κ2) is 10.2.